The van der Waals surface area contributed by atoms with E-state index < -0.39 is 12.0 Å². The van der Waals surface area contributed by atoms with Crippen LogP contribution in [0.3, 0.4) is 0 Å². The van der Waals surface area contributed by atoms with Crippen molar-refractivity contribution < 1.29 is 14.3 Å². The van der Waals surface area contributed by atoms with Crippen LogP contribution in [0.5, 0.6) is 0 Å². The Balaban J connectivity index is 1.99. The number of urea groups is 1. The summed E-state index contributed by atoms with van der Waals surface area (Å²) in [6.07, 6.45) is 0. The van der Waals surface area contributed by atoms with Gasteiger partial charge in [0, 0.05) is 23.8 Å². The van der Waals surface area contributed by atoms with Crippen molar-refractivity contribution in [3.8, 4) is 0 Å². The standard InChI is InChI=1S/C23H26ClN3O3/c1-3-27(14-16-10-6-5-7-11-16)15-19-20(22(28)30-4-2)21(26-23(29)25-19)17-12-8-9-13-18(17)24/h5-13,21H,3-4,14-15H2,1-2H3,(H2,25,26,29). The molecule has 0 bridgehead atoms. The Morgan fingerprint density at radius 1 is 1.07 bits per heavy atom. The predicted molar refractivity (Wildman–Crippen MR) is 117 cm³/mol. The van der Waals surface area contributed by atoms with Crippen molar-refractivity contribution in [2.45, 2.75) is 26.4 Å². The van der Waals surface area contributed by atoms with Crippen LogP contribution < -0.4 is 10.6 Å². The number of nitrogens with one attached hydrogen (secondary N) is 2. The summed E-state index contributed by atoms with van der Waals surface area (Å²) < 4.78 is 5.32. The highest BCUT2D eigenvalue weighted by molar-refractivity contribution is 6.31. The molecule has 158 valence electrons. The lowest BCUT2D eigenvalue weighted by atomic mass is 9.95. The Kier molecular flexibility index (Phi) is 7.49. The number of ether oxygens (including phenoxy) is 1. The first-order chi connectivity index (χ1) is 14.5. The van der Waals surface area contributed by atoms with Gasteiger partial charge in [0.2, 0.25) is 0 Å². The summed E-state index contributed by atoms with van der Waals surface area (Å²) in [5.74, 6) is -0.472. The van der Waals surface area contributed by atoms with Crippen molar-refractivity contribution >= 4 is 23.6 Å². The molecule has 2 N–H and O–H groups in total. The number of hydrogen-bond acceptors (Lipinski definition) is 4. The van der Waals surface area contributed by atoms with Crippen molar-refractivity contribution in [3.05, 3.63) is 82.0 Å². The zero-order chi connectivity index (χ0) is 21.5. The van der Waals surface area contributed by atoms with Gasteiger partial charge in [-0.15, -0.1) is 0 Å². The number of carbonyl (C=O) groups is 2. The lowest BCUT2D eigenvalue weighted by Gasteiger charge is -2.32. The molecule has 1 atom stereocenters. The number of hydrogen-bond donors (Lipinski definition) is 2. The van der Waals surface area contributed by atoms with E-state index in [2.05, 4.69) is 27.7 Å². The fraction of sp³-hybridized carbons (Fsp3) is 0.304. The Morgan fingerprint density at radius 3 is 2.43 bits per heavy atom. The van der Waals surface area contributed by atoms with E-state index in [1.54, 1.807) is 19.1 Å². The Hall–Kier alpha value is -2.83. The SMILES string of the molecule is CCOC(=O)C1=C(CN(CC)Cc2ccccc2)NC(=O)NC1c1ccccc1Cl. The molecule has 0 radical (unpaired) electrons. The monoisotopic (exact) mass is 427 g/mol. The van der Waals surface area contributed by atoms with Crippen LogP contribution in [0, 0.1) is 0 Å². The molecule has 30 heavy (non-hydrogen) atoms. The molecule has 2 amide bonds. The van der Waals surface area contributed by atoms with Crippen LogP contribution in [-0.4, -0.2) is 36.6 Å². The average molecular weight is 428 g/mol. The van der Waals surface area contributed by atoms with Crippen LogP contribution >= 0.6 is 11.6 Å². The second kappa shape index (κ2) is 10.3. The van der Waals surface area contributed by atoms with Gasteiger partial charge in [-0.1, -0.05) is 67.1 Å². The highest BCUT2D eigenvalue weighted by atomic mass is 35.5. The molecule has 1 aliphatic rings. The van der Waals surface area contributed by atoms with Crippen molar-refractivity contribution in [3.63, 3.8) is 0 Å². The fourth-order valence-electron chi connectivity index (χ4n) is 3.48. The molecule has 0 aromatic heterocycles. The molecular formula is C23H26ClN3O3. The molecule has 3 rings (SSSR count). The summed E-state index contributed by atoms with van der Waals surface area (Å²) in [7, 11) is 0. The summed E-state index contributed by atoms with van der Waals surface area (Å²) in [6, 6.07) is 16.2. The third kappa shape index (κ3) is 5.20. The lowest BCUT2D eigenvalue weighted by Crippen LogP contribution is -2.48. The Bertz CT molecular complexity index is 930. The zero-order valence-corrected chi connectivity index (χ0v) is 17.9. The first-order valence-electron chi connectivity index (χ1n) is 10.0. The Morgan fingerprint density at radius 2 is 1.77 bits per heavy atom. The summed E-state index contributed by atoms with van der Waals surface area (Å²) in [5, 5.41) is 6.12. The van der Waals surface area contributed by atoms with Crippen molar-refractivity contribution in [1.29, 1.82) is 0 Å². The smallest absolute Gasteiger partial charge is 0.338 e. The van der Waals surface area contributed by atoms with Crippen LogP contribution in [0.25, 0.3) is 0 Å². The van der Waals surface area contributed by atoms with E-state index in [0.29, 0.717) is 34.9 Å². The number of halogens is 1. The second-order valence-corrected chi connectivity index (χ2v) is 7.36. The predicted octanol–water partition coefficient (Wildman–Crippen LogP) is 4.03. The number of likely N-dealkylation sites (N-methyl/N-ethyl adjacent to an activating group) is 1. The minimum atomic E-state index is -0.683. The highest BCUT2D eigenvalue weighted by Gasteiger charge is 2.35. The van der Waals surface area contributed by atoms with Crippen LogP contribution in [0.4, 0.5) is 4.79 Å². The van der Waals surface area contributed by atoms with Crippen LogP contribution in [-0.2, 0) is 16.1 Å². The lowest BCUT2D eigenvalue weighted by molar-refractivity contribution is -0.139. The van der Waals surface area contributed by atoms with Gasteiger partial charge in [0.25, 0.3) is 0 Å². The summed E-state index contributed by atoms with van der Waals surface area (Å²) >= 11 is 6.38. The number of amides is 2. The molecule has 7 heteroatoms. The van der Waals surface area contributed by atoms with Gasteiger partial charge in [-0.05, 0) is 30.7 Å². The van der Waals surface area contributed by atoms with E-state index >= 15 is 0 Å². The van der Waals surface area contributed by atoms with Gasteiger partial charge in [-0.3, -0.25) is 4.90 Å². The summed E-state index contributed by atoms with van der Waals surface area (Å²) in [4.78, 5) is 27.5. The summed E-state index contributed by atoms with van der Waals surface area (Å²) in [5.41, 5.74) is 2.71. The van der Waals surface area contributed by atoms with E-state index in [-0.39, 0.29) is 12.6 Å². The molecule has 1 unspecified atom stereocenters. The molecule has 1 aliphatic heterocycles. The third-order valence-electron chi connectivity index (χ3n) is 4.94. The largest absolute Gasteiger partial charge is 0.463 e. The first kappa shape index (κ1) is 21.9. The van der Waals surface area contributed by atoms with Gasteiger partial charge in [-0.2, -0.15) is 0 Å². The van der Waals surface area contributed by atoms with E-state index in [4.69, 9.17) is 16.3 Å². The maximum Gasteiger partial charge on any atom is 0.338 e. The minimum Gasteiger partial charge on any atom is -0.463 e. The number of nitrogens with zero attached hydrogens (tertiary/aromatic N) is 1. The Labute approximate surface area is 181 Å². The normalized spacial score (nSPS) is 16.3. The minimum absolute atomic E-state index is 0.236. The molecule has 0 saturated heterocycles. The van der Waals surface area contributed by atoms with E-state index in [0.717, 1.165) is 12.1 Å². The molecule has 2 aromatic rings. The van der Waals surface area contributed by atoms with Crippen molar-refractivity contribution in [1.82, 2.24) is 15.5 Å². The fourth-order valence-corrected chi connectivity index (χ4v) is 3.72. The maximum absolute atomic E-state index is 12.9. The molecule has 0 aliphatic carbocycles. The van der Waals surface area contributed by atoms with Gasteiger partial charge in [0.15, 0.2) is 0 Å². The molecule has 0 fully saturated rings. The number of benzene rings is 2. The molecule has 1 heterocycles. The molecule has 0 spiro atoms. The van der Waals surface area contributed by atoms with Gasteiger partial charge < -0.3 is 15.4 Å². The van der Waals surface area contributed by atoms with Gasteiger partial charge >= 0.3 is 12.0 Å². The second-order valence-electron chi connectivity index (χ2n) is 6.95. The molecule has 2 aromatic carbocycles. The molecular weight excluding hydrogens is 402 g/mol. The number of rotatable bonds is 8. The van der Waals surface area contributed by atoms with Gasteiger partial charge in [0.05, 0.1) is 18.2 Å². The zero-order valence-electron chi connectivity index (χ0n) is 17.2. The van der Waals surface area contributed by atoms with E-state index in [1.165, 1.54) is 0 Å². The van der Waals surface area contributed by atoms with Crippen LogP contribution in [0.15, 0.2) is 65.9 Å². The van der Waals surface area contributed by atoms with Crippen LogP contribution in [0.1, 0.15) is 31.0 Å². The highest BCUT2D eigenvalue weighted by Crippen LogP contribution is 2.32. The van der Waals surface area contributed by atoms with Crippen LogP contribution in [0.2, 0.25) is 5.02 Å². The van der Waals surface area contributed by atoms with Crippen molar-refractivity contribution in [2.24, 2.45) is 0 Å². The number of esters is 1. The summed E-state index contributed by atoms with van der Waals surface area (Å²) in [6.45, 7) is 5.87. The van der Waals surface area contributed by atoms with Gasteiger partial charge in [0.1, 0.15) is 0 Å². The first-order valence-corrected chi connectivity index (χ1v) is 10.4. The maximum atomic E-state index is 12.9. The topological polar surface area (TPSA) is 70.7 Å². The number of carbonyl (C=O) groups excluding carboxylic acids is 2. The van der Waals surface area contributed by atoms with Gasteiger partial charge in [-0.25, -0.2) is 9.59 Å². The van der Waals surface area contributed by atoms with E-state index in [1.807, 2.05) is 37.3 Å². The van der Waals surface area contributed by atoms with Crippen molar-refractivity contribution in [2.75, 3.05) is 19.7 Å². The third-order valence-corrected chi connectivity index (χ3v) is 5.29. The van der Waals surface area contributed by atoms with E-state index in [9.17, 15) is 9.59 Å². The molecule has 0 saturated carbocycles. The molecule has 6 nitrogen and oxygen atoms in total. The average Bonchev–Trinajstić information content (AvgIpc) is 2.74. The quantitative estimate of drug-likeness (QED) is 0.624.